The van der Waals surface area contributed by atoms with Crippen molar-refractivity contribution in [1.29, 1.82) is 0 Å². The zero-order valence-electron chi connectivity index (χ0n) is 12.6. The Balaban J connectivity index is 1.79. The Morgan fingerprint density at radius 3 is 2.91 bits per heavy atom. The molecule has 0 radical (unpaired) electrons. The number of ether oxygens (including phenoxy) is 1. The van der Waals surface area contributed by atoms with Crippen LogP contribution in [0.4, 0.5) is 0 Å². The molecule has 3 aromatic rings. The van der Waals surface area contributed by atoms with E-state index in [0.717, 1.165) is 33.0 Å². The third kappa shape index (κ3) is 3.15. The molecule has 0 amide bonds. The van der Waals surface area contributed by atoms with Crippen LogP contribution in [0, 0.1) is 13.8 Å². The molecule has 22 heavy (non-hydrogen) atoms. The molecule has 3 rings (SSSR count). The van der Waals surface area contributed by atoms with Gasteiger partial charge in [0.2, 0.25) is 0 Å². The molecule has 0 saturated carbocycles. The topological polar surface area (TPSA) is 52.8 Å². The first-order chi connectivity index (χ1) is 10.7. The van der Waals surface area contributed by atoms with Gasteiger partial charge in [-0.2, -0.15) is 0 Å². The molecule has 114 valence electrons. The van der Waals surface area contributed by atoms with E-state index in [4.69, 9.17) is 4.74 Å². The zero-order chi connectivity index (χ0) is 15.5. The summed E-state index contributed by atoms with van der Waals surface area (Å²) in [4.78, 5) is 5.83. The van der Waals surface area contributed by atoms with Gasteiger partial charge in [0.1, 0.15) is 17.1 Å². The first-order valence-electron chi connectivity index (χ1n) is 6.77. The number of aromatic nitrogens is 4. The summed E-state index contributed by atoms with van der Waals surface area (Å²) in [5, 5.41) is 10.2. The lowest BCUT2D eigenvalue weighted by atomic mass is 10.3. The summed E-state index contributed by atoms with van der Waals surface area (Å²) in [6.07, 6.45) is 1.72. The average Bonchev–Trinajstić information content (AvgIpc) is 3.12. The van der Waals surface area contributed by atoms with Crippen molar-refractivity contribution in [3.05, 3.63) is 46.2 Å². The number of hydrogen-bond donors (Lipinski definition) is 0. The number of benzene rings is 1. The van der Waals surface area contributed by atoms with Crippen molar-refractivity contribution in [1.82, 2.24) is 19.7 Å². The fourth-order valence-electron chi connectivity index (χ4n) is 1.99. The molecule has 2 heterocycles. The lowest BCUT2D eigenvalue weighted by Gasteiger charge is -2.07. The predicted octanol–water partition coefficient (Wildman–Crippen LogP) is 3.64. The second-order valence-corrected chi connectivity index (χ2v) is 6.95. The zero-order valence-corrected chi connectivity index (χ0v) is 14.2. The number of aryl methyl sites for hydroxylation is 2. The standard InChI is InChI=1S/C15H16N4OS2/c1-10-11(2)22-14(17-10)8-21-15-18-16-9-19(15)12-5-4-6-13(7-12)20-3/h4-7,9H,8H2,1-3H3. The van der Waals surface area contributed by atoms with E-state index < -0.39 is 0 Å². The van der Waals surface area contributed by atoms with Gasteiger partial charge in [-0.3, -0.25) is 4.57 Å². The van der Waals surface area contributed by atoms with Crippen LogP contribution in [0.25, 0.3) is 5.69 Å². The second-order valence-electron chi connectivity index (χ2n) is 4.72. The van der Waals surface area contributed by atoms with Gasteiger partial charge in [0.25, 0.3) is 0 Å². The van der Waals surface area contributed by atoms with Crippen molar-refractivity contribution < 1.29 is 4.74 Å². The van der Waals surface area contributed by atoms with E-state index in [1.807, 2.05) is 35.8 Å². The number of hydrogen-bond acceptors (Lipinski definition) is 6. The van der Waals surface area contributed by atoms with Crippen LogP contribution in [0.2, 0.25) is 0 Å². The number of thiazole rings is 1. The average molecular weight is 332 g/mol. The monoisotopic (exact) mass is 332 g/mol. The molecule has 1 aromatic carbocycles. The lowest BCUT2D eigenvalue weighted by molar-refractivity contribution is 0.414. The summed E-state index contributed by atoms with van der Waals surface area (Å²) >= 11 is 3.37. The van der Waals surface area contributed by atoms with Gasteiger partial charge in [0.05, 0.1) is 24.2 Å². The smallest absolute Gasteiger partial charge is 0.196 e. The molecule has 7 heteroatoms. The number of nitrogens with zero attached hydrogens (tertiary/aromatic N) is 4. The van der Waals surface area contributed by atoms with Gasteiger partial charge in [0, 0.05) is 10.9 Å². The van der Waals surface area contributed by atoms with Gasteiger partial charge in [-0.05, 0) is 26.0 Å². The second kappa shape index (κ2) is 6.50. The summed E-state index contributed by atoms with van der Waals surface area (Å²) in [6.45, 7) is 4.14. The number of methoxy groups -OCH3 is 1. The largest absolute Gasteiger partial charge is 0.497 e. The van der Waals surface area contributed by atoms with Gasteiger partial charge >= 0.3 is 0 Å². The van der Waals surface area contributed by atoms with Crippen LogP contribution in [0.3, 0.4) is 0 Å². The van der Waals surface area contributed by atoms with Crippen molar-refractivity contribution in [3.8, 4) is 11.4 Å². The highest BCUT2D eigenvalue weighted by Crippen LogP contribution is 2.27. The van der Waals surface area contributed by atoms with Gasteiger partial charge in [-0.1, -0.05) is 17.8 Å². The highest BCUT2D eigenvalue weighted by Gasteiger charge is 2.10. The lowest BCUT2D eigenvalue weighted by Crippen LogP contribution is -1.96. The van der Waals surface area contributed by atoms with Gasteiger partial charge in [-0.15, -0.1) is 21.5 Å². The van der Waals surface area contributed by atoms with Crippen molar-refractivity contribution in [2.24, 2.45) is 0 Å². The van der Waals surface area contributed by atoms with Crippen LogP contribution in [0.5, 0.6) is 5.75 Å². The quantitative estimate of drug-likeness (QED) is 0.668. The molecule has 0 saturated heterocycles. The molecule has 0 unspecified atom stereocenters. The maximum Gasteiger partial charge on any atom is 0.196 e. The van der Waals surface area contributed by atoms with Crippen LogP contribution >= 0.6 is 23.1 Å². The van der Waals surface area contributed by atoms with E-state index in [-0.39, 0.29) is 0 Å². The van der Waals surface area contributed by atoms with Gasteiger partial charge in [0.15, 0.2) is 5.16 Å². The number of thioether (sulfide) groups is 1. The molecule has 2 aromatic heterocycles. The maximum atomic E-state index is 5.27. The van der Waals surface area contributed by atoms with Crippen LogP contribution in [0.15, 0.2) is 35.7 Å². The summed E-state index contributed by atoms with van der Waals surface area (Å²) < 4.78 is 7.23. The highest BCUT2D eigenvalue weighted by molar-refractivity contribution is 7.98. The van der Waals surface area contributed by atoms with Crippen molar-refractivity contribution in [3.63, 3.8) is 0 Å². The van der Waals surface area contributed by atoms with E-state index >= 15 is 0 Å². The van der Waals surface area contributed by atoms with E-state index in [1.54, 1.807) is 36.5 Å². The van der Waals surface area contributed by atoms with Gasteiger partial charge < -0.3 is 4.74 Å². The first-order valence-corrected chi connectivity index (χ1v) is 8.57. The Morgan fingerprint density at radius 1 is 1.32 bits per heavy atom. The van der Waals surface area contributed by atoms with Crippen molar-refractivity contribution in [2.75, 3.05) is 7.11 Å². The highest BCUT2D eigenvalue weighted by atomic mass is 32.2. The fraction of sp³-hybridized carbons (Fsp3) is 0.267. The van der Waals surface area contributed by atoms with Crippen molar-refractivity contribution >= 4 is 23.1 Å². The molecule has 0 aliphatic rings. The Morgan fingerprint density at radius 2 is 2.18 bits per heavy atom. The molecule has 0 atom stereocenters. The molecular formula is C15H16N4OS2. The van der Waals surface area contributed by atoms with Crippen LogP contribution < -0.4 is 4.74 Å². The molecule has 0 aliphatic carbocycles. The van der Waals surface area contributed by atoms with Crippen LogP contribution in [-0.2, 0) is 5.75 Å². The molecule has 0 aliphatic heterocycles. The van der Waals surface area contributed by atoms with E-state index in [2.05, 4.69) is 22.1 Å². The van der Waals surface area contributed by atoms with Crippen LogP contribution in [-0.4, -0.2) is 26.9 Å². The SMILES string of the molecule is COc1cccc(-n2cnnc2SCc2nc(C)c(C)s2)c1. The molecular weight excluding hydrogens is 316 g/mol. The molecule has 0 bridgehead atoms. The minimum Gasteiger partial charge on any atom is -0.497 e. The number of rotatable bonds is 5. The normalized spacial score (nSPS) is 10.9. The minimum atomic E-state index is 0.794. The Kier molecular flexibility index (Phi) is 4.44. The van der Waals surface area contributed by atoms with E-state index in [0.29, 0.717) is 0 Å². The Bertz CT molecular complexity index is 762. The Hall–Kier alpha value is -1.86. The first kappa shape index (κ1) is 15.1. The molecule has 0 fully saturated rings. The third-order valence-electron chi connectivity index (χ3n) is 3.25. The summed E-state index contributed by atoms with van der Waals surface area (Å²) in [5.41, 5.74) is 2.09. The third-order valence-corrected chi connectivity index (χ3v) is 5.46. The summed E-state index contributed by atoms with van der Waals surface area (Å²) in [5.74, 6) is 1.61. The van der Waals surface area contributed by atoms with E-state index in [1.165, 1.54) is 4.88 Å². The van der Waals surface area contributed by atoms with E-state index in [9.17, 15) is 0 Å². The molecule has 0 N–H and O–H groups in total. The Labute approximate surface area is 137 Å². The van der Waals surface area contributed by atoms with Gasteiger partial charge in [-0.25, -0.2) is 4.98 Å². The van der Waals surface area contributed by atoms with Crippen LogP contribution in [0.1, 0.15) is 15.6 Å². The van der Waals surface area contributed by atoms with Crippen molar-refractivity contribution in [2.45, 2.75) is 24.8 Å². The molecule has 0 spiro atoms. The summed E-state index contributed by atoms with van der Waals surface area (Å²) in [6, 6.07) is 7.84. The fourth-order valence-corrected chi connectivity index (χ4v) is 3.84. The predicted molar refractivity (Wildman–Crippen MR) is 89.1 cm³/mol. The maximum absolute atomic E-state index is 5.27. The minimum absolute atomic E-state index is 0.794. The summed E-state index contributed by atoms with van der Waals surface area (Å²) in [7, 11) is 1.66. The molecule has 5 nitrogen and oxygen atoms in total.